The zero-order valence-electron chi connectivity index (χ0n) is 25.0. The van der Waals surface area contributed by atoms with E-state index in [1.54, 1.807) is 27.3 Å². The summed E-state index contributed by atoms with van der Waals surface area (Å²) in [4.78, 5) is 41.1. The van der Waals surface area contributed by atoms with Gasteiger partial charge in [0.05, 0.1) is 18.7 Å². The van der Waals surface area contributed by atoms with E-state index in [1.165, 1.54) is 11.0 Å². The molecule has 10 nitrogen and oxygen atoms in total. The number of aliphatic hydroxyl groups is 3. The van der Waals surface area contributed by atoms with E-state index in [0.29, 0.717) is 16.9 Å². The number of hydrogen-bond acceptors (Lipinski definition) is 9. The summed E-state index contributed by atoms with van der Waals surface area (Å²) in [7, 11) is 4.71. The number of likely N-dealkylation sites (N-methyl/N-ethyl adjacent to an activating group) is 1. The van der Waals surface area contributed by atoms with Gasteiger partial charge < -0.3 is 30.9 Å². The van der Waals surface area contributed by atoms with Crippen molar-refractivity contribution in [2.24, 2.45) is 17.6 Å². The monoisotopic (exact) mass is 590 g/mol. The Bertz CT molecular complexity index is 1610. The van der Waals surface area contributed by atoms with Crippen LogP contribution in [0.3, 0.4) is 0 Å². The van der Waals surface area contributed by atoms with E-state index in [0.717, 1.165) is 24.0 Å². The second-order valence-electron chi connectivity index (χ2n) is 12.1. The van der Waals surface area contributed by atoms with E-state index < -0.39 is 58.0 Å². The van der Waals surface area contributed by atoms with Crippen molar-refractivity contribution in [3.8, 4) is 22.6 Å². The second kappa shape index (κ2) is 10.8. The molecule has 2 aromatic rings. The maximum absolute atomic E-state index is 14.1. The maximum atomic E-state index is 14.1. The summed E-state index contributed by atoms with van der Waals surface area (Å²) in [6.45, 7) is 4.28. The molecule has 3 aliphatic carbocycles. The van der Waals surface area contributed by atoms with Gasteiger partial charge in [-0.25, -0.2) is 0 Å². The number of ketones is 2. The minimum atomic E-state index is -2.68. The second-order valence-corrected chi connectivity index (χ2v) is 12.1. The molecule has 3 aliphatic rings. The number of phenols is 1. The number of aliphatic hydroxyl groups excluding tert-OH is 2. The fraction of sp³-hybridized carbons (Fsp3) is 0.424. The van der Waals surface area contributed by atoms with E-state index in [9.17, 15) is 34.8 Å². The highest BCUT2D eigenvalue weighted by Gasteiger charge is 2.64. The number of ether oxygens (including phenoxy) is 1. The van der Waals surface area contributed by atoms with Gasteiger partial charge in [0.15, 0.2) is 11.4 Å². The predicted octanol–water partition coefficient (Wildman–Crippen LogP) is 3.54. The first kappa shape index (κ1) is 30.3. The summed E-state index contributed by atoms with van der Waals surface area (Å²) in [5, 5.41) is 45.4. The number of phenolic OH excluding ortho intramolecular Hbond substituents is 1. The third kappa shape index (κ3) is 4.42. The van der Waals surface area contributed by atoms with Crippen molar-refractivity contribution in [2.75, 3.05) is 21.2 Å². The molecule has 5 rings (SSSR count). The highest BCUT2D eigenvalue weighted by molar-refractivity contribution is 6.24. The van der Waals surface area contributed by atoms with Gasteiger partial charge in [-0.3, -0.25) is 19.3 Å². The molecule has 1 unspecified atom stereocenters. The molecule has 0 saturated heterocycles. The normalized spacial score (nSPS) is 25.8. The average Bonchev–Trinajstić information content (AvgIpc) is 2.94. The Morgan fingerprint density at radius 1 is 1.14 bits per heavy atom. The van der Waals surface area contributed by atoms with E-state index in [1.807, 2.05) is 18.2 Å². The lowest BCUT2D eigenvalue weighted by molar-refractivity contribution is -0.153. The third-order valence-electron chi connectivity index (χ3n) is 9.41. The molecule has 0 aromatic heterocycles. The molecular formula is C33H38N2O8. The maximum Gasteiger partial charge on any atom is 0.255 e. The van der Waals surface area contributed by atoms with Gasteiger partial charge in [0.2, 0.25) is 5.78 Å². The van der Waals surface area contributed by atoms with Gasteiger partial charge in [0.1, 0.15) is 28.6 Å². The quantitative estimate of drug-likeness (QED) is 0.303. The van der Waals surface area contributed by atoms with E-state index in [2.05, 4.69) is 13.8 Å². The fourth-order valence-corrected chi connectivity index (χ4v) is 7.34. The summed E-state index contributed by atoms with van der Waals surface area (Å²) in [5.41, 5.74) is 4.91. The molecule has 6 N–H and O–H groups in total. The molecule has 5 atom stereocenters. The van der Waals surface area contributed by atoms with Crippen molar-refractivity contribution in [1.29, 1.82) is 0 Å². The van der Waals surface area contributed by atoms with Crippen molar-refractivity contribution < 1.29 is 39.5 Å². The number of Topliss-reactive ketones (excluding diaryl/α,β-unsaturated/α-hetero) is 2. The summed E-state index contributed by atoms with van der Waals surface area (Å²) in [5.74, 6) is -5.91. The standard InChI is InChI=1S/C33H38N2O8/c1-6-7-15(2)16-8-11-23(43-5)19(12-16)18-9-10-22(36)25-20(18)13-17-14-21-27(35(3)4)29(38)26(32(34)41)31(40)33(21,42)30(39)24(17)28(25)37/h8-12,15,17,21,27,36-37,40,42H,6-7,13-14H2,1-5H3,(H2,34,41)/t15?,17-,21-,27-,33-/m0/s1. The molecule has 2 aromatic carbocycles. The van der Waals surface area contributed by atoms with Crippen molar-refractivity contribution >= 4 is 23.2 Å². The lowest BCUT2D eigenvalue weighted by atomic mass is 9.57. The summed E-state index contributed by atoms with van der Waals surface area (Å²) >= 11 is 0. The highest BCUT2D eigenvalue weighted by Crippen LogP contribution is 2.54. The highest BCUT2D eigenvalue weighted by atomic mass is 16.5. The molecule has 0 heterocycles. The van der Waals surface area contributed by atoms with Crippen LogP contribution in [0.2, 0.25) is 0 Å². The number of carbonyl (C=O) groups is 3. The van der Waals surface area contributed by atoms with Crippen LogP contribution in [0.25, 0.3) is 16.9 Å². The SMILES string of the molecule is CCCC(C)c1ccc(OC)c(-c2ccc(O)c3c2C[C@H]2C[C@H]4[C@H](N(C)C)C(=O)C(C(N)=O)=C(O)[C@@]4(O)C(=O)C2=C3O)c1. The van der Waals surface area contributed by atoms with Crippen molar-refractivity contribution in [3.63, 3.8) is 0 Å². The number of nitrogens with two attached hydrogens (primary N) is 1. The lowest BCUT2D eigenvalue weighted by Gasteiger charge is -2.50. The van der Waals surface area contributed by atoms with Gasteiger partial charge in [0, 0.05) is 17.1 Å². The van der Waals surface area contributed by atoms with Crippen LogP contribution in [0.4, 0.5) is 0 Å². The molecule has 0 spiro atoms. The Morgan fingerprint density at radius 3 is 2.44 bits per heavy atom. The number of nitrogens with zero attached hydrogens (tertiary/aromatic N) is 1. The summed E-state index contributed by atoms with van der Waals surface area (Å²) in [6.07, 6.45) is 2.22. The lowest BCUT2D eigenvalue weighted by Crippen LogP contribution is -2.65. The molecule has 1 fully saturated rings. The van der Waals surface area contributed by atoms with Gasteiger partial charge in [-0.2, -0.15) is 0 Å². The van der Waals surface area contributed by atoms with Crippen LogP contribution >= 0.6 is 0 Å². The number of amides is 1. The van der Waals surface area contributed by atoms with Crippen LogP contribution in [0.15, 0.2) is 47.2 Å². The number of aromatic hydroxyl groups is 1. The summed E-state index contributed by atoms with van der Waals surface area (Å²) in [6, 6.07) is 8.00. The van der Waals surface area contributed by atoms with Crippen molar-refractivity contribution in [3.05, 3.63) is 63.9 Å². The average molecular weight is 591 g/mol. The molecular weight excluding hydrogens is 552 g/mol. The Labute approximate surface area is 250 Å². The summed E-state index contributed by atoms with van der Waals surface area (Å²) < 4.78 is 5.71. The molecule has 0 bridgehead atoms. The van der Waals surface area contributed by atoms with E-state index in [-0.39, 0.29) is 35.6 Å². The molecule has 43 heavy (non-hydrogen) atoms. The Balaban J connectivity index is 1.73. The first-order valence-electron chi connectivity index (χ1n) is 14.5. The number of methoxy groups -OCH3 is 1. The fourth-order valence-electron chi connectivity index (χ4n) is 7.34. The number of benzene rings is 2. The Kier molecular flexibility index (Phi) is 7.64. The third-order valence-corrected chi connectivity index (χ3v) is 9.41. The molecule has 228 valence electrons. The minimum absolute atomic E-state index is 0.0194. The van der Waals surface area contributed by atoms with Gasteiger partial charge in [-0.1, -0.05) is 32.4 Å². The first-order chi connectivity index (χ1) is 20.3. The Morgan fingerprint density at radius 2 is 1.84 bits per heavy atom. The molecule has 1 saturated carbocycles. The number of carbonyl (C=O) groups excluding carboxylic acids is 3. The first-order valence-corrected chi connectivity index (χ1v) is 14.5. The largest absolute Gasteiger partial charge is 0.508 e. The number of fused-ring (bicyclic) bond motifs is 3. The number of hydrogen-bond donors (Lipinski definition) is 5. The van der Waals surface area contributed by atoms with Crippen molar-refractivity contribution in [2.45, 2.75) is 57.1 Å². The predicted molar refractivity (Wildman–Crippen MR) is 160 cm³/mol. The van der Waals surface area contributed by atoms with Crippen LogP contribution in [0.1, 0.15) is 55.7 Å². The molecule has 1 amide bonds. The zero-order chi connectivity index (χ0) is 31.5. The smallest absolute Gasteiger partial charge is 0.255 e. The molecule has 10 heteroatoms. The Hall–Kier alpha value is -4.15. The zero-order valence-corrected chi connectivity index (χ0v) is 25.0. The number of rotatable bonds is 7. The van der Waals surface area contributed by atoms with Gasteiger partial charge in [-0.15, -0.1) is 0 Å². The van der Waals surface area contributed by atoms with Crippen LogP contribution < -0.4 is 10.5 Å². The topological polar surface area (TPSA) is 171 Å². The van der Waals surface area contributed by atoms with Gasteiger partial charge >= 0.3 is 0 Å². The van der Waals surface area contributed by atoms with Gasteiger partial charge in [0.25, 0.3) is 5.91 Å². The number of primary amides is 1. The van der Waals surface area contributed by atoms with E-state index in [4.69, 9.17) is 10.5 Å². The molecule has 0 radical (unpaired) electrons. The van der Waals surface area contributed by atoms with Crippen LogP contribution in [-0.2, 0) is 20.8 Å². The minimum Gasteiger partial charge on any atom is -0.508 e. The van der Waals surface area contributed by atoms with Crippen LogP contribution in [0.5, 0.6) is 11.5 Å². The van der Waals surface area contributed by atoms with Crippen LogP contribution in [-0.4, -0.2) is 75.6 Å². The van der Waals surface area contributed by atoms with Gasteiger partial charge in [-0.05, 0) is 80.1 Å². The van der Waals surface area contributed by atoms with E-state index >= 15 is 0 Å². The molecule has 0 aliphatic heterocycles. The van der Waals surface area contributed by atoms with Crippen LogP contribution in [0, 0.1) is 11.8 Å². The van der Waals surface area contributed by atoms with Crippen molar-refractivity contribution in [1.82, 2.24) is 4.90 Å².